The number of aryl methyl sites for hydroxylation is 1. The van der Waals surface area contributed by atoms with Gasteiger partial charge in [-0.1, -0.05) is 23.7 Å². The van der Waals surface area contributed by atoms with E-state index in [4.69, 9.17) is 11.6 Å². The fraction of sp³-hybridized carbons (Fsp3) is 0.375. The van der Waals surface area contributed by atoms with Gasteiger partial charge < -0.3 is 9.80 Å². The van der Waals surface area contributed by atoms with Crippen molar-refractivity contribution in [3.8, 4) is 0 Å². The molecule has 3 rings (SSSR count). The van der Waals surface area contributed by atoms with E-state index in [0.717, 1.165) is 26.2 Å². The molecule has 0 saturated carbocycles. The van der Waals surface area contributed by atoms with Crippen molar-refractivity contribution in [2.75, 3.05) is 36.0 Å². The highest BCUT2D eigenvalue weighted by Gasteiger charge is 2.22. The standard InChI is InChI=1S/C16H19ClN4O/c1-11-4-3-5-14(12(11)2)20-6-8-21(9-7-20)15-13(17)10-18-19-16(15)22/h3-5,10H,6-9H2,1-2H3,(H,19,22). The van der Waals surface area contributed by atoms with Crippen LogP contribution in [0.2, 0.25) is 5.02 Å². The van der Waals surface area contributed by atoms with Crippen LogP contribution in [0, 0.1) is 13.8 Å². The van der Waals surface area contributed by atoms with Crippen molar-refractivity contribution in [3.63, 3.8) is 0 Å². The van der Waals surface area contributed by atoms with Crippen molar-refractivity contribution in [1.82, 2.24) is 10.2 Å². The van der Waals surface area contributed by atoms with Crippen molar-refractivity contribution in [3.05, 3.63) is 50.9 Å². The maximum atomic E-state index is 11.9. The van der Waals surface area contributed by atoms with Gasteiger partial charge in [-0.15, -0.1) is 0 Å². The Labute approximate surface area is 134 Å². The number of aromatic nitrogens is 2. The molecule has 1 N–H and O–H groups in total. The first kappa shape index (κ1) is 14.9. The number of rotatable bonds is 2. The third-order valence-electron chi connectivity index (χ3n) is 4.30. The number of hydrogen-bond acceptors (Lipinski definition) is 4. The van der Waals surface area contributed by atoms with E-state index < -0.39 is 0 Å². The first-order valence-electron chi connectivity index (χ1n) is 7.37. The summed E-state index contributed by atoms with van der Waals surface area (Å²) in [4.78, 5) is 16.3. The summed E-state index contributed by atoms with van der Waals surface area (Å²) in [6, 6.07) is 6.38. The maximum Gasteiger partial charge on any atom is 0.289 e. The third-order valence-corrected chi connectivity index (χ3v) is 4.57. The van der Waals surface area contributed by atoms with E-state index in [0.29, 0.717) is 10.7 Å². The molecule has 22 heavy (non-hydrogen) atoms. The number of piperazine rings is 1. The quantitative estimate of drug-likeness (QED) is 0.923. The highest BCUT2D eigenvalue weighted by atomic mass is 35.5. The van der Waals surface area contributed by atoms with E-state index in [-0.39, 0.29) is 5.56 Å². The SMILES string of the molecule is Cc1cccc(N2CCN(c3c(Cl)cn[nH]c3=O)CC2)c1C. The Balaban J connectivity index is 1.78. The lowest BCUT2D eigenvalue weighted by Crippen LogP contribution is -2.48. The van der Waals surface area contributed by atoms with E-state index in [1.165, 1.54) is 23.0 Å². The van der Waals surface area contributed by atoms with Crippen molar-refractivity contribution in [2.45, 2.75) is 13.8 Å². The van der Waals surface area contributed by atoms with E-state index in [2.05, 4.69) is 47.1 Å². The van der Waals surface area contributed by atoms with E-state index in [9.17, 15) is 4.79 Å². The number of H-pyrrole nitrogens is 1. The molecule has 116 valence electrons. The largest absolute Gasteiger partial charge is 0.368 e. The second-order valence-electron chi connectivity index (χ2n) is 5.59. The van der Waals surface area contributed by atoms with Gasteiger partial charge in [-0.3, -0.25) is 4.79 Å². The van der Waals surface area contributed by atoms with Gasteiger partial charge in [0.15, 0.2) is 0 Å². The van der Waals surface area contributed by atoms with Crippen LogP contribution in [0.25, 0.3) is 0 Å². The molecule has 0 amide bonds. The molecule has 0 atom stereocenters. The summed E-state index contributed by atoms with van der Waals surface area (Å²) in [5, 5.41) is 6.58. The van der Waals surface area contributed by atoms with Gasteiger partial charge in [-0.25, -0.2) is 5.10 Å². The number of nitrogens with one attached hydrogen (secondary N) is 1. The molecule has 1 aliphatic rings. The zero-order valence-electron chi connectivity index (χ0n) is 12.8. The van der Waals surface area contributed by atoms with Crippen LogP contribution < -0.4 is 15.4 Å². The number of benzene rings is 1. The third kappa shape index (κ3) is 2.68. The number of halogens is 1. The second-order valence-corrected chi connectivity index (χ2v) is 6.00. The Bertz CT molecular complexity index is 735. The normalized spacial score (nSPS) is 15.2. The van der Waals surface area contributed by atoms with E-state index >= 15 is 0 Å². The lowest BCUT2D eigenvalue weighted by Gasteiger charge is -2.37. The van der Waals surface area contributed by atoms with Crippen molar-refractivity contribution in [1.29, 1.82) is 0 Å². The van der Waals surface area contributed by atoms with Gasteiger partial charge in [0.2, 0.25) is 0 Å². The summed E-state index contributed by atoms with van der Waals surface area (Å²) in [7, 11) is 0. The zero-order chi connectivity index (χ0) is 15.7. The predicted molar refractivity (Wildman–Crippen MR) is 90.2 cm³/mol. The van der Waals surface area contributed by atoms with Crippen LogP contribution in [-0.2, 0) is 0 Å². The Kier molecular flexibility index (Phi) is 4.07. The molecular weight excluding hydrogens is 300 g/mol. The molecule has 1 aromatic heterocycles. The van der Waals surface area contributed by atoms with Crippen molar-refractivity contribution < 1.29 is 0 Å². The Hall–Kier alpha value is -2.01. The molecule has 2 heterocycles. The first-order chi connectivity index (χ1) is 10.6. The summed E-state index contributed by atoms with van der Waals surface area (Å²) in [6.07, 6.45) is 1.48. The lowest BCUT2D eigenvalue weighted by molar-refractivity contribution is 0.648. The number of aromatic amines is 1. The molecule has 0 spiro atoms. The highest BCUT2D eigenvalue weighted by Crippen LogP contribution is 2.26. The molecular formula is C16H19ClN4O. The molecule has 2 aromatic rings. The Morgan fingerprint density at radius 3 is 2.50 bits per heavy atom. The fourth-order valence-electron chi connectivity index (χ4n) is 2.91. The summed E-state index contributed by atoms with van der Waals surface area (Å²) < 4.78 is 0. The zero-order valence-corrected chi connectivity index (χ0v) is 13.5. The fourth-order valence-corrected chi connectivity index (χ4v) is 3.17. The van der Waals surface area contributed by atoms with Crippen molar-refractivity contribution >= 4 is 23.0 Å². The van der Waals surface area contributed by atoms with Crippen LogP contribution >= 0.6 is 11.6 Å². The number of hydrogen-bond donors (Lipinski definition) is 1. The highest BCUT2D eigenvalue weighted by molar-refractivity contribution is 6.33. The van der Waals surface area contributed by atoms with Crippen LogP contribution in [0.4, 0.5) is 11.4 Å². The van der Waals surface area contributed by atoms with Crippen molar-refractivity contribution in [2.24, 2.45) is 0 Å². The molecule has 1 saturated heterocycles. The van der Waals surface area contributed by atoms with E-state index in [1.54, 1.807) is 0 Å². The number of nitrogens with zero attached hydrogens (tertiary/aromatic N) is 3. The summed E-state index contributed by atoms with van der Waals surface area (Å²) in [5.41, 5.74) is 4.18. The average Bonchev–Trinajstić information content (AvgIpc) is 2.51. The van der Waals surface area contributed by atoms with Crippen LogP contribution in [0.5, 0.6) is 0 Å². The molecule has 6 heteroatoms. The van der Waals surface area contributed by atoms with Gasteiger partial charge in [-0.2, -0.15) is 5.10 Å². The first-order valence-corrected chi connectivity index (χ1v) is 7.75. The van der Waals surface area contributed by atoms with Gasteiger partial charge in [0, 0.05) is 31.9 Å². The minimum atomic E-state index is -0.229. The molecule has 0 bridgehead atoms. The molecule has 1 fully saturated rings. The minimum Gasteiger partial charge on any atom is -0.368 e. The van der Waals surface area contributed by atoms with Crippen LogP contribution in [-0.4, -0.2) is 36.4 Å². The Morgan fingerprint density at radius 1 is 1.14 bits per heavy atom. The summed E-state index contributed by atoms with van der Waals surface area (Å²) in [6.45, 7) is 7.54. The molecule has 0 radical (unpaired) electrons. The van der Waals surface area contributed by atoms with E-state index in [1.807, 2.05) is 4.90 Å². The topological polar surface area (TPSA) is 52.2 Å². The summed E-state index contributed by atoms with van der Waals surface area (Å²) in [5.74, 6) is 0. The van der Waals surface area contributed by atoms with Crippen LogP contribution in [0.3, 0.4) is 0 Å². The molecule has 0 aliphatic carbocycles. The van der Waals surface area contributed by atoms with Gasteiger partial charge in [0.25, 0.3) is 5.56 Å². The second kappa shape index (κ2) is 6.01. The minimum absolute atomic E-state index is 0.229. The Morgan fingerprint density at radius 2 is 1.82 bits per heavy atom. The molecule has 0 unspecified atom stereocenters. The molecule has 1 aromatic carbocycles. The number of anilines is 2. The van der Waals surface area contributed by atoms with Gasteiger partial charge >= 0.3 is 0 Å². The smallest absolute Gasteiger partial charge is 0.289 e. The molecule has 5 nitrogen and oxygen atoms in total. The monoisotopic (exact) mass is 318 g/mol. The van der Waals surface area contributed by atoms with Gasteiger partial charge in [0.1, 0.15) is 5.69 Å². The lowest BCUT2D eigenvalue weighted by atomic mass is 10.1. The van der Waals surface area contributed by atoms with Crippen LogP contribution in [0.1, 0.15) is 11.1 Å². The van der Waals surface area contributed by atoms with Gasteiger partial charge in [0.05, 0.1) is 11.2 Å². The average molecular weight is 319 g/mol. The summed E-state index contributed by atoms with van der Waals surface area (Å²) >= 11 is 6.12. The van der Waals surface area contributed by atoms with Gasteiger partial charge in [-0.05, 0) is 31.0 Å². The maximum absolute atomic E-state index is 11.9. The van der Waals surface area contributed by atoms with Crippen LogP contribution in [0.15, 0.2) is 29.2 Å². The predicted octanol–water partition coefficient (Wildman–Crippen LogP) is 2.37. The molecule has 1 aliphatic heterocycles.